The third kappa shape index (κ3) is 3.91. The lowest BCUT2D eigenvalue weighted by atomic mass is 10.1. The lowest BCUT2D eigenvalue weighted by Crippen LogP contribution is -2.10. The lowest BCUT2D eigenvalue weighted by Gasteiger charge is -2.09. The second kappa shape index (κ2) is 6.88. The summed E-state index contributed by atoms with van der Waals surface area (Å²) in [7, 11) is 0. The molecule has 3 nitrogen and oxygen atoms in total. The van der Waals surface area contributed by atoms with Gasteiger partial charge in [0.1, 0.15) is 5.76 Å². The number of nitrogens with one attached hydrogen (secondary N) is 1. The smallest absolute Gasteiger partial charge is 0.416 e. The Hall–Kier alpha value is -2.73. The Morgan fingerprint density at radius 2 is 1.73 bits per heavy atom. The predicted octanol–water partition coefficient (Wildman–Crippen LogP) is 6.18. The second-order valence-electron chi connectivity index (χ2n) is 5.68. The zero-order chi connectivity index (χ0) is 18.9. The lowest BCUT2D eigenvalue weighted by molar-refractivity contribution is -0.137. The number of hydrogen-bond donors (Lipinski definition) is 1. The van der Waals surface area contributed by atoms with Crippen molar-refractivity contribution in [1.82, 2.24) is 0 Å². The summed E-state index contributed by atoms with van der Waals surface area (Å²) in [6.07, 6.45) is -4.50. The number of anilines is 1. The molecule has 0 aliphatic carbocycles. The highest BCUT2D eigenvalue weighted by molar-refractivity contribution is 6.33. The summed E-state index contributed by atoms with van der Waals surface area (Å²) in [6.45, 7) is 1.92. The van der Waals surface area contributed by atoms with E-state index in [1.54, 1.807) is 12.1 Å². The van der Waals surface area contributed by atoms with Gasteiger partial charge in [-0.05, 0) is 49.4 Å². The van der Waals surface area contributed by atoms with Crippen molar-refractivity contribution in [2.24, 2.45) is 0 Å². The normalized spacial score (nSPS) is 11.4. The molecule has 3 aromatic rings. The van der Waals surface area contributed by atoms with Gasteiger partial charge in [-0.25, -0.2) is 0 Å². The average molecular weight is 380 g/mol. The van der Waals surface area contributed by atoms with Gasteiger partial charge in [-0.2, -0.15) is 13.2 Å². The molecule has 1 aromatic heterocycles. The van der Waals surface area contributed by atoms with Crippen molar-refractivity contribution in [1.29, 1.82) is 0 Å². The van der Waals surface area contributed by atoms with E-state index in [0.29, 0.717) is 5.69 Å². The number of hydrogen-bond acceptors (Lipinski definition) is 2. The van der Waals surface area contributed by atoms with E-state index >= 15 is 0 Å². The molecule has 0 atom stereocenters. The molecule has 7 heteroatoms. The van der Waals surface area contributed by atoms with E-state index in [1.165, 1.54) is 12.1 Å². The fraction of sp³-hybridized carbons (Fsp3) is 0.105. The van der Waals surface area contributed by atoms with Crippen LogP contribution in [0.5, 0.6) is 0 Å². The molecule has 26 heavy (non-hydrogen) atoms. The number of halogens is 4. The van der Waals surface area contributed by atoms with Crippen LogP contribution in [0, 0.1) is 6.92 Å². The molecule has 3 rings (SSSR count). The Morgan fingerprint density at radius 1 is 1.04 bits per heavy atom. The number of amides is 1. The van der Waals surface area contributed by atoms with Crippen molar-refractivity contribution in [2.75, 3.05) is 5.32 Å². The van der Waals surface area contributed by atoms with Crippen LogP contribution < -0.4 is 5.32 Å². The summed E-state index contributed by atoms with van der Waals surface area (Å²) in [4.78, 5) is 12.2. The van der Waals surface area contributed by atoms with Crippen LogP contribution in [-0.2, 0) is 6.18 Å². The molecule has 0 saturated carbocycles. The van der Waals surface area contributed by atoms with Crippen molar-refractivity contribution in [3.05, 3.63) is 76.5 Å². The molecule has 0 fully saturated rings. The van der Waals surface area contributed by atoms with Gasteiger partial charge in [-0.3, -0.25) is 4.79 Å². The Balaban J connectivity index is 1.85. The number of aryl methyl sites for hydroxylation is 1. The van der Waals surface area contributed by atoms with Crippen LogP contribution in [0.25, 0.3) is 11.3 Å². The van der Waals surface area contributed by atoms with Gasteiger partial charge < -0.3 is 9.73 Å². The number of carbonyl (C=O) groups is 1. The zero-order valence-corrected chi connectivity index (χ0v) is 14.3. The van der Waals surface area contributed by atoms with Gasteiger partial charge in [0.15, 0.2) is 5.76 Å². The van der Waals surface area contributed by atoms with Crippen molar-refractivity contribution in [3.63, 3.8) is 0 Å². The SMILES string of the molecule is Cc1ccc(NC(=O)c2ccc(-c3cc(C(F)(F)F)ccc3Cl)o2)cc1. The maximum Gasteiger partial charge on any atom is 0.416 e. The fourth-order valence-electron chi connectivity index (χ4n) is 2.32. The van der Waals surface area contributed by atoms with Gasteiger partial charge in [0.25, 0.3) is 5.91 Å². The van der Waals surface area contributed by atoms with Gasteiger partial charge in [0.2, 0.25) is 0 Å². The van der Waals surface area contributed by atoms with Crippen LogP contribution in [0.1, 0.15) is 21.7 Å². The fourth-order valence-corrected chi connectivity index (χ4v) is 2.54. The van der Waals surface area contributed by atoms with Gasteiger partial charge in [-0.1, -0.05) is 29.3 Å². The van der Waals surface area contributed by atoms with Gasteiger partial charge in [0.05, 0.1) is 10.6 Å². The first kappa shape index (κ1) is 18.1. The minimum absolute atomic E-state index is 0.0333. The molecule has 0 radical (unpaired) electrons. The summed E-state index contributed by atoms with van der Waals surface area (Å²) < 4.78 is 44.1. The number of alkyl halides is 3. The molecule has 1 N–H and O–H groups in total. The largest absolute Gasteiger partial charge is 0.451 e. The Labute approximate surface area is 152 Å². The molecule has 0 aliphatic rings. The maximum atomic E-state index is 12.9. The third-order valence-corrected chi connectivity index (χ3v) is 4.03. The van der Waals surface area contributed by atoms with Gasteiger partial charge in [0, 0.05) is 11.3 Å². The molecule has 1 heterocycles. The predicted molar refractivity (Wildman–Crippen MR) is 93.3 cm³/mol. The molecule has 1 amide bonds. The topological polar surface area (TPSA) is 42.2 Å². The minimum atomic E-state index is -4.50. The highest BCUT2D eigenvalue weighted by Gasteiger charge is 2.31. The summed E-state index contributed by atoms with van der Waals surface area (Å²) in [5.74, 6) is -0.465. The summed E-state index contributed by atoms with van der Waals surface area (Å²) >= 11 is 5.99. The average Bonchev–Trinajstić information content (AvgIpc) is 3.06. The van der Waals surface area contributed by atoms with Crippen LogP contribution in [-0.4, -0.2) is 5.91 Å². The molecule has 0 aliphatic heterocycles. The minimum Gasteiger partial charge on any atom is -0.451 e. The van der Waals surface area contributed by atoms with E-state index in [-0.39, 0.29) is 22.1 Å². The standard InChI is InChI=1S/C19H13ClF3NO2/c1-11-2-5-13(6-3-11)24-18(25)17-9-8-16(26-17)14-10-12(19(21,22)23)4-7-15(14)20/h2-10H,1H3,(H,24,25). The zero-order valence-electron chi connectivity index (χ0n) is 13.5. The van der Waals surface area contributed by atoms with Crippen molar-refractivity contribution in [3.8, 4) is 11.3 Å². The first-order chi connectivity index (χ1) is 12.2. The highest BCUT2D eigenvalue weighted by atomic mass is 35.5. The van der Waals surface area contributed by atoms with Crippen LogP contribution in [0.2, 0.25) is 5.02 Å². The highest BCUT2D eigenvalue weighted by Crippen LogP contribution is 2.36. The Kier molecular flexibility index (Phi) is 4.78. The quantitative estimate of drug-likeness (QED) is 0.590. The number of benzene rings is 2. The monoisotopic (exact) mass is 379 g/mol. The molecule has 2 aromatic carbocycles. The van der Waals surface area contributed by atoms with Crippen molar-refractivity contribution < 1.29 is 22.4 Å². The van der Waals surface area contributed by atoms with E-state index in [9.17, 15) is 18.0 Å². The second-order valence-corrected chi connectivity index (χ2v) is 6.08. The van der Waals surface area contributed by atoms with Crippen molar-refractivity contribution in [2.45, 2.75) is 13.1 Å². The van der Waals surface area contributed by atoms with Crippen LogP contribution in [0.4, 0.5) is 18.9 Å². The summed E-state index contributed by atoms with van der Waals surface area (Å²) in [5, 5.41) is 2.75. The van der Waals surface area contributed by atoms with E-state index < -0.39 is 17.6 Å². The van der Waals surface area contributed by atoms with E-state index in [2.05, 4.69) is 5.32 Å². The van der Waals surface area contributed by atoms with Crippen LogP contribution in [0.3, 0.4) is 0 Å². The van der Waals surface area contributed by atoms with Crippen LogP contribution >= 0.6 is 11.6 Å². The van der Waals surface area contributed by atoms with E-state index in [1.807, 2.05) is 19.1 Å². The first-order valence-electron chi connectivity index (χ1n) is 7.59. The molecule has 0 bridgehead atoms. The van der Waals surface area contributed by atoms with Crippen molar-refractivity contribution >= 4 is 23.2 Å². The third-order valence-electron chi connectivity index (χ3n) is 3.70. The van der Waals surface area contributed by atoms with Gasteiger partial charge >= 0.3 is 6.18 Å². The first-order valence-corrected chi connectivity index (χ1v) is 7.97. The molecule has 0 saturated heterocycles. The summed E-state index contributed by atoms with van der Waals surface area (Å²) in [5.41, 5.74) is 0.841. The molecule has 0 unspecified atom stereocenters. The molecular weight excluding hydrogens is 367 g/mol. The molecule has 134 valence electrons. The summed E-state index contributed by atoms with van der Waals surface area (Å²) in [6, 6.07) is 12.9. The molecular formula is C19H13ClF3NO2. The Morgan fingerprint density at radius 3 is 2.38 bits per heavy atom. The number of furan rings is 1. The van der Waals surface area contributed by atoms with Gasteiger partial charge in [-0.15, -0.1) is 0 Å². The van der Waals surface area contributed by atoms with E-state index in [4.69, 9.17) is 16.0 Å². The van der Waals surface area contributed by atoms with E-state index in [0.717, 1.165) is 23.8 Å². The van der Waals surface area contributed by atoms with Crippen LogP contribution in [0.15, 0.2) is 59.0 Å². The number of carbonyl (C=O) groups excluding carboxylic acids is 1. The Bertz CT molecular complexity index is 946. The number of rotatable bonds is 3. The molecule has 0 spiro atoms. The maximum absolute atomic E-state index is 12.9.